The van der Waals surface area contributed by atoms with Crippen molar-refractivity contribution < 1.29 is 19.1 Å². The third kappa shape index (κ3) is 3.33. The second-order valence-corrected chi connectivity index (χ2v) is 4.53. The molecule has 0 saturated carbocycles. The van der Waals surface area contributed by atoms with E-state index in [1.54, 1.807) is 44.7 Å². The van der Waals surface area contributed by atoms with Crippen molar-refractivity contribution in [3.63, 3.8) is 0 Å². The number of ether oxygens (including phenoxy) is 2. The summed E-state index contributed by atoms with van der Waals surface area (Å²) in [6.07, 6.45) is 6.33. The average molecular weight is 302 g/mol. The van der Waals surface area contributed by atoms with E-state index in [1.807, 2.05) is 6.07 Å². The molecule has 0 aliphatic carbocycles. The number of aromatic nitrogens is 1. The lowest BCUT2D eigenvalue weighted by Gasteiger charge is -2.24. The molecule has 1 aromatic rings. The van der Waals surface area contributed by atoms with Gasteiger partial charge in [0.05, 0.1) is 30.3 Å². The summed E-state index contributed by atoms with van der Waals surface area (Å²) < 4.78 is 10.1. The van der Waals surface area contributed by atoms with Gasteiger partial charge in [0, 0.05) is 24.8 Å². The number of hydrogen-bond donors (Lipinski definition) is 1. The first-order valence-corrected chi connectivity index (χ1v) is 7.09. The molecule has 22 heavy (non-hydrogen) atoms. The molecule has 1 aliphatic rings. The molecule has 0 saturated heterocycles. The van der Waals surface area contributed by atoms with Gasteiger partial charge in [0.1, 0.15) is 0 Å². The second kappa shape index (κ2) is 7.40. The van der Waals surface area contributed by atoms with Gasteiger partial charge in [0.15, 0.2) is 0 Å². The number of nitrogens with one attached hydrogen (secondary N) is 1. The largest absolute Gasteiger partial charge is 0.463 e. The van der Waals surface area contributed by atoms with Crippen LogP contribution in [0.2, 0.25) is 0 Å². The number of hydrogen-bond acceptors (Lipinski definition) is 6. The lowest BCUT2D eigenvalue weighted by atomic mass is 9.84. The van der Waals surface area contributed by atoms with Crippen LogP contribution in [-0.2, 0) is 19.1 Å². The molecule has 0 unspecified atom stereocenters. The third-order valence-electron chi connectivity index (χ3n) is 3.14. The van der Waals surface area contributed by atoms with Gasteiger partial charge in [-0.25, -0.2) is 9.59 Å². The molecule has 1 aromatic heterocycles. The topological polar surface area (TPSA) is 77.5 Å². The Bertz CT molecular complexity index is 574. The van der Waals surface area contributed by atoms with Crippen LogP contribution in [0, 0.1) is 0 Å². The standard InChI is InChI=1S/C16H18N2O4/c1-3-21-15(19)12-9-18-10-13(16(20)22-4-2)14(12)11-6-5-7-17-8-11/h5-10,14,18H,3-4H2,1-2H3. The molecular formula is C16H18N2O4. The van der Waals surface area contributed by atoms with Crippen LogP contribution in [0.5, 0.6) is 0 Å². The van der Waals surface area contributed by atoms with Crippen LogP contribution in [-0.4, -0.2) is 30.1 Å². The fourth-order valence-electron chi connectivity index (χ4n) is 2.24. The number of rotatable bonds is 5. The van der Waals surface area contributed by atoms with E-state index in [0.717, 1.165) is 5.56 Å². The van der Waals surface area contributed by atoms with E-state index in [4.69, 9.17) is 9.47 Å². The molecule has 0 atom stereocenters. The van der Waals surface area contributed by atoms with Gasteiger partial charge < -0.3 is 14.8 Å². The van der Waals surface area contributed by atoms with Crippen molar-refractivity contribution in [1.29, 1.82) is 0 Å². The molecule has 0 radical (unpaired) electrons. The van der Waals surface area contributed by atoms with Crippen LogP contribution in [0.4, 0.5) is 0 Å². The molecule has 0 aromatic carbocycles. The Morgan fingerprint density at radius 2 is 1.73 bits per heavy atom. The van der Waals surface area contributed by atoms with E-state index in [1.165, 1.54) is 0 Å². The molecule has 1 N–H and O–H groups in total. The average Bonchev–Trinajstić information content (AvgIpc) is 2.55. The van der Waals surface area contributed by atoms with Gasteiger partial charge in [-0.15, -0.1) is 0 Å². The van der Waals surface area contributed by atoms with Crippen molar-refractivity contribution in [2.24, 2.45) is 0 Å². The number of carbonyl (C=O) groups is 2. The first kappa shape index (κ1) is 15.8. The Kier molecular flexibility index (Phi) is 5.30. The predicted molar refractivity (Wildman–Crippen MR) is 79.5 cm³/mol. The zero-order chi connectivity index (χ0) is 15.9. The molecule has 0 bridgehead atoms. The summed E-state index contributed by atoms with van der Waals surface area (Å²) in [5, 5.41) is 2.82. The minimum absolute atomic E-state index is 0.258. The lowest BCUT2D eigenvalue weighted by Crippen LogP contribution is -2.27. The summed E-state index contributed by atoms with van der Waals surface area (Å²) >= 11 is 0. The van der Waals surface area contributed by atoms with E-state index in [-0.39, 0.29) is 13.2 Å². The minimum atomic E-state index is -0.562. The Hall–Kier alpha value is -2.63. The first-order chi connectivity index (χ1) is 10.7. The van der Waals surface area contributed by atoms with Crippen molar-refractivity contribution in [1.82, 2.24) is 10.3 Å². The molecule has 2 rings (SSSR count). The smallest absolute Gasteiger partial charge is 0.336 e. The zero-order valence-electron chi connectivity index (χ0n) is 12.5. The van der Waals surface area contributed by atoms with E-state index in [0.29, 0.717) is 11.1 Å². The maximum atomic E-state index is 12.2. The van der Waals surface area contributed by atoms with Gasteiger partial charge in [-0.1, -0.05) is 6.07 Å². The van der Waals surface area contributed by atoms with E-state index < -0.39 is 17.9 Å². The molecule has 0 fully saturated rings. The highest BCUT2D eigenvalue weighted by atomic mass is 16.5. The number of carbonyl (C=O) groups excluding carboxylic acids is 2. The number of nitrogens with zero attached hydrogens (tertiary/aromatic N) is 1. The highest BCUT2D eigenvalue weighted by Gasteiger charge is 2.33. The van der Waals surface area contributed by atoms with Crippen LogP contribution in [0.3, 0.4) is 0 Å². The van der Waals surface area contributed by atoms with Gasteiger partial charge in [-0.2, -0.15) is 0 Å². The fourth-order valence-corrected chi connectivity index (χ4v) is 2.24. The second-order valence-electron chi connectivity index (χ2n) is 4.53. The number of pyridine rings is 1. The van der Waals surface area contributed by atoms with Gasteiger partial charge in [-0.05, 0) is 25.5 Å². The maximum absolute atomic E-state index is 12.2. The molecule has 6 heteroatoms. The Labute approximate surface area is 128 Å². The van der Waals surface area contributed by atoms with Gasteiger partial charge >= 0.3 is 11.9 Å². The highest BCUT2D eigenvalue weighted by Crippen LogP contribution is 2.34. The van der Waals surface area contributed by atoms with Crippen LogP contribution in [0.15, 0.2) is 48.1 Å². The van der Waals surface area contributed by atoms with Crippen molar-refractivity contribution in [3.8, 4) is 0 Å². The quantitative estimate of drug-likeness (QED) is 0.834. The summed E-state index contributed by atoms with van der Waals surface area (Å²) in [6, 6.07) is 3.56. The lowest BCUT2D eigenvalue weighted by molar-refractivity contribution is -0.139. The number of dihydropyridines is 1. The molecule has 0 spiro atoms. The van der Waals surface area contributed by atoms with Gasteiger partial charge in [0.2, 0.25) is 0 Å². The molecule has 116 valence electrons. The summed E-state index contributed by atoms with van der Waals surface area (Å²) in [5.41, 5.74) is 1.42. The fraction of sp³-hybridized carbons (Fsp3) is 0.312. The van der Waals surface area contributed by atoms with Crippen LogP contribution in [0.1, 0.15) is 25.3 Å². The van der Waals surface area contributed by atoms with Crippen molar-refractivity contribution in [2.45, 2.75) is 19.8 Å². The molecule has 2 heterocycles. The Morgan fingerprint density at radius 1 is 1.14 bits per heavy atom. The summed E-state index contributed by atoms with van der Waals surface area (Å²) in [4.78, 5) is 28.4. The molecule has 0 amide bonds. The summed E-state index contributed by atoms with van der Waals surface area (Å²) in [6.45, 7) is 3.98. The third-order valence-corrected chi connectivity index (χ3v) is 3.14. The Morgan fingerprint density at radius 3 is 2.18 bits per heavy atom. The van der Waals surface area contributed by atoms with E-state index in [9.17, 15) is 9.59 Å². The van der Waals surface area contributed by atoms with Crippen molar-refractivity contribution >= 4 is 11.9 Å². The normalized spacial score (nSPS) is 14.5. The summed E-state index contributed by atoms with van der Waals surface area (Å²) in [7, 11) is 0. The van der Waals surface area contributed by atoms with E-state index >= 15 is 0 Å². The minimum Gasteiger partial charge on any atom is -0.463 e. The maximum Gasteiger partial charge on any atom is 0.336 e. The van der Waals surface area contributed by atoms with Crippen molar-refractivity contribution in [3.05, 3.63) is 53.6 Å². The number of esters is 2. The van der Waals surface area contributed by atoms with Crippen LogP contribution < -0.4 is 5.32 Å². The van der Waals surface area contributed by atoms with Crippen molar-refractivity contribution in [2.75, 3.05) is 13.2 Å². The van der Waals surface area contributed by atoms with Crippen LogP contribution in [0.25, 0.3) is 0 Å². The van der Waals surface area contributed by atoms with E-state index in [2.05, 4.69) is 10.3 Å². The first-order valence-electron chi connectivity index (χ1n) is 7.09. The zero-order valence-corrected chi connectivity index (χ0v) is 12.5. The molecular weight excluding hydrogens is 284 g/mol. The summed E-state index contributed by atoms with van der Waals surface area (Å²) in [5.74, 6) is -1.51. The van der Waals surface area contributed by atoms with Gasteiger partial charge in [0.25, 0.3) is 0 Å². The predicted octanol–water partition coefficient (Wildman–Crippen LogP) is 1.66. The molecule has 6 nitrogen and oxygen atoms in total. The SMILES string of the molecule is CCOC(=O)C1=CNC=C(C(=O)OCC)C1c1cccnc1. The molecule has 1 aliphatic heterocycles. The Balaban J connectivity index is 2.41. The van der Waals surface area contributed by atoms with Crippen LogP contribution >= 0.6 is 0 Å². The highest BCUT2D eigenvalue weighted by molar-refractivity contribution is 5.98. The monoisotopic (exact) mass is 302 g/mol. The van der Waals surface area contributed by atoms with Gasteiger partial charge in [-0.3, -0.25) is 4.98 Å².